The first-order valence-electron chi connectivity index (χ1n) is 12.3. The number of hydrogen-bond donors (Lipinski definition) is 1. The van der Waals surface area contributed by atoms with Crippen LogP contribution in [-0.2, 0) is 9.59 Å². The maximum atomic E-state index is 13.8. The molecule has 5 unspecified atom stereocenters. The molecule has 0 heterocycles. The van der Waals surface area contributed by atoms with Crippen molar-refractivity contribution in [1.82, 2.24) is 0 Å². The second-order valence-electron chi connectivity index (χ2n) is 12.2. The average Bonchev–Trinajstić information content (AvgIpc) is 3.01. The van der Waals surface area contributed by atoms with Crippen molar-refractivity contribution in [3.05, 3.63) is 0 Å². The van der Waals surface area contributed by atoms with E-state index in [0.717, 1.165) is 18.8 Å². The van der Waals surface area contributed by atoms with Crippen molar-refractivity contribution in [3.8, 4) is 0 Å². The fourth-order valence-electron chi connectivity index (χ4n) is 9.14. The maximum absolute atomic E-state index is 13.8. The molecule has 4 saturated carbocycles. The van der Waals surface area contributed by atoms with Crippen LogP contribution in [0.3, 0.4) is 0 Å². The average molecular weight is 403 g/mol. The van der Waals surface area contributed by atoms with E-state index in [1.54, 1.807) is 0 Å². The van der Waals surface area contributed by atoms with Crippen LogP contribution in [-0.4, -0.2) is 16.9 Å². The Balaban J connectivity index is 1.60. The number of rotatable bonds is 4. The Kier molecular flexibility index (Phi) is 5.23. The van der Waals surface area contributed by atoms with E-state index >= 15 is 0 Å². The summed E-state index contributed by atoms with van der Waals surface area (Å²) in [5, 5.41) is 9.12. The summed E-state index contributed by atoms with van der Waals surface area (Å²) in [6, 6.07) is 0. The van der Waals surface area contributed by atoms with Crippen molar-refractivity contribution < 1.29 is 14.7 Å². The van der Waals surface area contributed by atoms with Crippen LogP contribution in [0.15, 0.2) is 0 Å². The van der Waals surface area contributed by atoms with Gasteiger partial charge in [-0.15, -0.1) is 0 Å². The van der Waals surface area contributed by atoms with Crippen LogP contribution in [0.1, 0.15) is 98.8 Å². The quantitative estimate of drug-likeness (QED) is 0.596. The van der Waals surface area contributed by atoms with Crippen LogP contribution in [0.2, 0.25) is 0 Å². The van der Waals surface area contributed by atoms with Crippen LogP contribution in [0.5, 0.6) is 0 Å². The maximum Gasteiger partial charge on any atom is 0.303 e. The number of carbonyl (C=O) groups excluding carboxylic acids is 1. The third-order valence-electron chi connectivity index (χ3n) is 11.1. The molecule has 0 aliphatic heterocycles. The lowest BCUT2D eigenvalue weighted by molar-refractivity contribution is -0.174. The van der Waals surface area contributed by atoms with Crippen molar-refractivity contribution in [1.29, 1.82) is 0 Å². The van der Waals surface area contributed by atoms with E-state index in [0.29, 0.717) is 52.6 Å². The Hall–Kier alpha value is -0.860. The number of carboxylic acid groups (broad SMARTS) is 1. The largest absolute Gasteiger partial charge is 0.481 e. The number of fused-ring (bicyclic) bond motifs is 5. The van der Waals surface area contributed by atoms with E-state index in [2.05, 4.69) is 34.6 Å². The van der Waals surface area contributed by atoms with Gasteiger partial charge in [-0.3, -0.25) is 9.59 Å². The van der Waals surface area contributed by atoms with Crippen molar-refractivity contribution >= 4 is 11.8 Å². The van der Waals surface area contributed by atoms with Crippen LogP contribution >= 0.6 is 0 Å². The molecule has 1 N–H and O–H groups in total. The number of hydrogen-bond acceptors (Lipinski definition) is 2. The van der Waals surface area contributed by atoms with Gasteiger partial charge in [0.1, 0.15) is 5.78 Å². The number of carbonyl (C=O) groups is 2. The molecule has 0 bridgehead atoms. The lowest BCUT2D eigenvalue weighted by Gasteiger charge is -2.65. The van der Waals surface area contributed by atoms with Crippen molar-refractivity contribution in [2.24, 2.45) is 51.8 Å². The molecule has 3 heteroatoms. The van der Waals surface area contributed by atoms with Gasteiger partial charge in [-0.25, -0.2) is 0 Å². The van der Waals surface area contributed by atoms with Crippen LogP contribution in [0.25, 0.3) is 0 Å². The van der Waals surface area contributed by atoms with Gasteiger partial charge in [-0.1, -0.05) is 41.0 Å². The van der Waals surface area contributed by atoms with Crippen molar-refractivity contribution in [2.75, 3.05) is 0 Å². The van der Waals surface area contributed by atoms with Gasteiger partial charge < -0.3 is 5.11 Å². The molecular weight excluding hydrogens is 360 g/mol. The van der Waals surface area contributed by atoms with Gasteiger partial charge in [-0.05, 0) is 91.3 Å². The summed E-state index contributed by atoms with van der Waals surface area (Å²) in [6.07, 6.45) is 10.6. The Morgan fingerprint density at radius 3 is 2.52 bits per heavy atom. The Morgan fingerprint density at radius 2 is 1.83 bits per heavy atom. The van der Waals surface area contributed by atoms with E-state index in [4.69, 9.17) is 5.11 Å². The minimum atomic E-state index is -0.711. The number of aliphatic carboxylic acids is 1. The molecule has 0 aromatic heterocycles. The van der Waals surface area contributed by atoms with Gasteiger partial charge in [0.05, 0.1) is 0 Å². The highest BCUT2D eigenvalue weighted by Crippen LogP contribution is 2.70. The zero-order valence-electron chi connectivity index (χ0n) is 19.3. The predicted molar refractivity (Wildman–Crippen MR) is 115 cm³/mol. The zero-order valence-corrected chi connectivity index (χ0v) is 19.3. The molecule has 0 aromatic carbocycles. The van der Waals surface area contributed by atoms with Crippen molar-refractivity contribution in [2.45, 2.75) is 98.8 Å². The van der Waals surface area contributed by atoms with E-state index in [1.165, 1.54) is 38.5 Å². The Bertz CT molecular complexity index is 685. The molecule has 3 nitrogen and oxygen atoms in total. The third kappa shape index (κ3) is 3.04. The van der Waals surface area contributed by atoms with Gasteiger partial charge in [0, 0.05) is 18.3 Å². The lowest BCUT2D eigenvalue weighted by atomic mass is 9.39. The lowest BCUT2D eigenvalue weighted by Crippen LogP contribution is -2.60. The monoisotopic (exact) mass is 402 g/mol. The molecule has 4 aliphatic carbocycles. The van der Waals surface area contributed by atoms with Crippen LogP contribution in [0.4, 0.5) is 0 Å². The second-order valence-corrected chi connectivity index (χ2v) is 12.2. The van der Waals surface area contributed by atoms with Gasteiger partial charge >= 0.3 is 5.97 Å². The minimum Gasteiger partial charge on any atom is -0.481 e. The normalized spacial score (nSPS) is 50.4. The highest BCUT2D eigenvalue weighted by molar-refractivity contribution is 5.87. The zero-order chi connectivity index (χ0) is 21.2. The summed E-state index contributed by atoms with van der Waals surface area (Å²) in [4.78, 5) is 24.9. The summed E-state index contributed by atoms with van der Waals surface area (Å²) >= 11 is 0. The molecule has 164 valence electrons. The summed E-state index contributed by atoms with van der Waals surface area (Å²) in [5.41, 5.74) is 0.490. The fourth-order valence-corrected chi connectivity index (χ4v) is 9.14. The van der Waals surface area contributed by atoms with Crippen LogP contribution in [0, 0.1) is 51.8 Å². The minimum absolute atomic E-state index is 0.217. The molecular formula is C26H42O3. The molecule has 4 aliphatic rings. The summed E-state index contributed by atoms with van der Waals surface area (Å²) < 4.78 is 0. The fraction of sp³-hybridized carbons (Fsp3) is 0.923. The number of carboxylic acids is 1. The molecule has 4 rings (SSSR count). The van der Waals surface area contributed by atoms with E-state index in [-0.39, 0.29) is 11.8 Å². The predicted octanol–water partition coefficient (Wildman–Crippen LogP) is 6.35. The van der Waals surface area contributed by atoms with Crippen LogP contribution < -0.4 is 0 Å². The van der Waals surface area contributed by atoms with E-state index in [9.17, 15) is 9.59 Å². The molecule has 0 radical (unpaired) electrons. The Labute approximate surface area is 177 Å². The molecule has 0 aromatic rings. The van der Waals surface area contributed by atoms with Gasteiger partial charge in [0.15, 0.2) is 0 Å². The highest BCUT2D eigenvalue weighted by atomic mass is 16.4. The van der Waals surface area contributed by atoms with E-state index < -0.39 is 5.97 Å². The molecule has 0 amide bonds. The van der Waals surface area contributed by atoms with Gasteiger partial charge in [-0.2, -0.15) is 0 Å². The summed E-state index contributed by atoms with van der Waals surface area (Å²) in [7, 11) is 0. The standard InChI is InChI=1S/C26H42O3/c1-16-10-13-25(4)21-14-22(27)26(5)19(17(2)6-9-23(28)29)7-8-20(26)18(21)11-12-24(25,3)15-16/h16-21H,6-15H2,1-5H3,(H,28,29)/t16-,17?,18?,19+,20?,21?,24+,25+,26?/m0/s1. The van der Waals surface area contributed by atoms with Crippen molar-refractivity contribution in [3.63, 3.8) is 0 Å². The molecule has 9 atom stereocenters. The number of Topliss-reactive ketones (excluding diaryl/α,β-unsaturated/α-hetero) is 1. The first-order valence-corrected chi connectivity index (χ1v) is 12.3. The summed E-state index contributed by atoms with van der Waals surface area (Å²) in [6.45, 7) is 11.9. The topological polar surface area (TPSA) is 54.4 Å². The highest BCUT2D eigenvalue weighted by Gasteiger charge is 2.66. The molecule has 4 fully saturated rings. The Morgan fingerprint density at radius 1 is 1.10 bits per heavy atom. The summed E-state index contributed by atoms with van der Waals surface area (Å²) in [5.74, 6) is 3.09. The molecule has 0 saturated heterocycles. The number of ketones is 1. The third-order valence-corrected chi connectivity index (χ3v) is 11.1. The molecule has 29 heavy (non-hydrogen) atoms. The van der Waals surface area contributed by atoms with Gasteiger partial charge in [0.2, 0.25) is 0 Å². The SMILES string of the molecule is CC(CCC(=O)O)[C@H]1CCC2C3CC[C@]4(C)C[C@@H](C)CC[C@]4(C)C3CC(=O)C21C. The molecule has 0 spiro atoms. The van der Waals surface area contributed by atoms with Gasteiger partial charge in [0.25, 0.3) is 0 Å². The first-order chi connectivity index (χ1) is 13.5. The van der Waals surface area contributed by atoms with E-state index in [1.807, 2.05) is 0 Å². The second kappa shape index (κ2) is 7.09. The first kappa shape index (κ1) is 21.4. The smallest absolute Gasteiger partial charge is 0.303 e.